The largest absolute Gasteiger partial charge is 0.480 e. The molecule has 21 heavy (non-hydrogen) atoms. The summed E-state index contributed by atoms with van der Waals surface area (Å²) in [7, 11) is 0. The molecule has 0 radical (unpaired) electrons. The molecule has 1 aliphatic carbocycles. The highest BCUT2D eigenvalue weighted by Crippen LogP contribution is 2.35. The van der Waals surface area contributed by atoms with Gasteiger partial charge in [0.1, 0.15) is 5.54 Å². The Kier molecular flexibility index (Phi) is 4.16. The Bertz CT molecular complexity index is 563. The Morgan fingerprint density at radius 2 is 2.00 bits per heavy atom. The van der Waals surface area contributed by atoms with Gasteiger partial charge in [0.2, 0.25) is 0 Å². The van der Waals surface area contributed by atoms with Gasteiger partial charge in [-0.05, 0) is 50.2 Å². The van der Waals surface area contributed by atoms with Crippen LogP contribution in [-0.4, -0.2) is 21.5 Å². The molecule has 0 amide bonds. The predicted molar refractivity (Wildman–Crippen MR) is 79.5 cm³/mol. The number of nitrogens with one attached hydrogen (secondary N) is 1. The lowest BCUT2D eigenvalue weighted by molar-refractivity contribution is -0.384. The number of benzene rings is 1. The standard InChI is InChI=1S/C15H20N2O4/c1-10-3-5-15(6-4-10,14(18)19)16-12-7-11(2)8-13(9-12)17(20)21/h7-10,16H,3-6H2,1-2H3,(H,18,19). The molecule has 1 saturated carbocycles. The Morgan fingerprint density at radius 3 is 2.52 bits per heavy atom. The van der Waals surface area contributed by atoms with Gasteiger partial charge in [0.25, 0.3) is 5.69 Å². The van der Waals surface area contributed by atoms with Crippen LogP contribution in [0.4, 0.5) is 11.4 Å². The van der Waals surface area contributed by atoms with Gasteiger partial charge in [-0.2, -0.15) is 0 Å². The number of nitrogens with zero attached hydrogens (tertiary/aromatic N) is 1. The zero-order valence-electron chi connectivity index (χ0n) is 12.3. The van der Waals surface area contributed by atoms with Crippen molar-refractivity contribution in [3.63, 3.8) is 0 Å². The Hall–Kier alpha value is -2.11. The average Bonchev–Trinajstić information content (AvgIpc) is 2.40. The molecular formula is C15H20N2O4. The fourth-order valence-electron chi connectivity index (χ4n) is 2.86. The maximum atomic E-state index is 11.7. The van der Waals surface area contributed by atoms with E-state index in [0.29, 0.717) is 24.4 Å². The van der Waals surface area contributed by atoms with Gasteiger partial charge in [-0.1, -0.05) is 6.92 Å². The number of nitro benzene ring substituents is 1. The number of non-ortho nitro benzene ring substituents is 1. The lowest BCUT2D eigenvalue weighted by atomic mass is 9.77. The highest BCUT2D eigenvalue weighted by Gasteiger charge is 2.41. The van der Waals surface area contributed by atoms with Crippen LogP contribution in [0, 0.1) is 23.0 Å². The third-order valence-electron chi connectivity index (χ3n) is 4.19. The number of carboxylic acids is 1. The minimum absolute atomic E-state index is 0.0257. The van der Waals surface area contributed by atoms with Crippen LogP contribution in [0.1, 0.15) is 38.2 Å². The van der Waals surface area contributed by atoms with Crippen LogP contribution < -0.4 is 5.32 Å². The molecule has 6 heteroatoms. The molecule has 114 valence electrons. The highest BCUT2D eigenvalue weighted by atomic mass is 16.6. The second-order valence-electron chi connectivity index (χ2n) is 6.01. The van der Waals surface area contributed by atoms with E-state index in [1.54, 1.807) is 13.0 Å². The van der Waals surface area contributed by atoms with Crippen LogP contribution in [0.15, 0.2) is 18.2 Å². The Morgan fingerprint density at radius 1 is 1.38 bits per heavy atom. The third kappa shape index (κ3) is 3.32. The smallest absolute Gasteiger partial charge is 0.329 e. The quantitative estimate of drug-likeness (QED) is 0.655. The summed E-state index contributed by atoms with van der Waals surface area (Å²) in [6.45, 7) is 3.87. The molecule has 2 N–H and O–H groups in total. The molecule has 1 aromatic rings. The van der Waals surface area contributed by atoms with E-state index in [4.69, 9.17) is 0 Å². The number of hydrogen-bond acceptors (Lipinski definition) is 4. The summed E-state index contributed by atoms with van der Waals surface area (Å²) in [5, 5.41) is 23.5. The first-order valence-corrected chi connectivity index (χ1v) is 7.10. The average molecular weight is 292 g/mol. The van der Waals surface area contributed by atoms with Crippen LogP contribution in [0.3, 0.4) is 0 Å². The van der Waals surface area contributed by atoms with Crippen molar-refractivity contribution in [2.24, 2.45) is 5.92 Å². The van der Waals surface area contributed by atoms with E-state index >= 15 is 0 Å². The first kappa shape index (κ1) is 15.3. The van der Waals surface area contributed by atoms with Gasteiger partial charge >= 0.3 is 5.97 Å². The number of aryl methyl sites for hydroxylation is 1. The minimum atomic E-state index is -1.02. The molecule has 0 unspecified atom stereocenters. The van der Waals surface area contributed by atoms with E-state index in [2.05, 4.69) is 12.2 Å². The van der Waals surface area contributed by atoms with Gasteiger partial charge in [-0.25, -0.2) is 4.79 Å². The summed E-state index contributed by atoms with van der Waals surface area (Å²) >= 11 is 0. The SMILES string of the molecule is Cc1cc(NC2(C(=O)O)CCC(C)CC2)cc([N+](=O)[O-])c1. The van der Waals surface area contributed by atoms with Crippen LogP contribution >= 0.6 is 0 Å². The fourth-order valence-corrected chi connectivity index (χ4v) is 2.86. The van der Waals surface area contributed by atoms with Gasteiger partial charge in [-0.15, -0.1) is 0 Å². The number of hydrogen-bond donors (Lipinski definition) is 2. The summed E-state index contributed by atoms with van der Waals surface area (Å²) < 4.78 is 0. The van der Waals surface area contributed by atoms with Gasteiger partial charge in [0, 0.05) is 17.8 Å². The highest BCUT2D eigenvalue weighted by molar-refractivity contribution is 5.83. The molecule has 0 heterocycles. The molecule has 0 aliphatic heterocycles. The fraction of sp³-hybridized carbons (Fsp3) is 0.533. The van der Waals surface area contributed by atoms with E-state index in [0.717, 1.165) is 18.4 Å². The monoisotopic (exact) mass is 292 g/mol. The van der Waals surface area contributed by atoms with Gasteiger partial charge in [0.05, 0.1) is 4.92 Å². The van der Waals surface area contributed by atoms with Crippen LogP contribution in [-0.2, 0) is 4.79 Å². The Labute approximate surface area is 123 Å². The van der Waals surface area contributed by atoms with Crippen molar-refractivity contribution < 1.29 is 14.8 Å². The van der Waals surface area contributed by atoms with Crippen molar-refractivity contribution in [2.75, 3.05) is 5.32 Å². The molecule has 1 fully saturated rings. The molecule has 0 atom stereocenters. The summed E-state index contributed by atoms with van der Waals surface area (Å²) in [6, 6.07) is 4.62. The second kappa shape index (κ2) is 5.71. The van der Waals surface area contributed by atoms with E-state index in [9.17, 15) is 20.0 Å². The molecule has 0 saturated heterocycles. The topological polar surface area (TPSA) is 92.5 Å². The zero-order chi connectivity index (χ0) is 15.6. The van der Waals surface area contributed by atoms with Gasteiger partial charge < -0.3 is 10.4 Å². The summed E-state index contributed by atoms with van der Waals surface area (Å²) in [6.07, 6.45) is 2.75. The van der Waals surface area contributed by atoms with Crippen molar-refractivity contribution in [1.29, 1.82) is 0 Å². The lowest BCUT2D eigenvalue weighted by Crippen LogP contribution is -2.48. The molecule has 0 aromatic heterocycles. The van der Waals surface area contributed by atoms with Crippen LogP contribution in [0.25, 0.3) is 0 Å². The second-order valence-corrected chi connectivity index (χ2v) is 6.01. The van der Waals surface area contributed by atoms with Gasteiger partial charge in [-0.3, -0.25) is 10.1 Å². The van der Waals surface area contributed by atoms with E-state index in [1.807, 2.05) is 0 Å². The molecule has 1 aromatic carbocycles. The number of aliphatic carboxylic acids is 1. The molecule has 0 spiro atoms. The van der Waals surface area contributed by atoms with Crippen LogP contribution in [0.2, 0.25) is 0 Å². The molecule has 1 aliphatic rings. The van der Waals surface area contributed by atoms with Crippen molar-refractivity contribution >= 4 is 17.3 Å². The molecular weight excluding hydrogens is 272 g/mol. The molecule has 2 rings (SSSR count). The molecule has 0 bridgehead atoms. The minimum Gasteiger partial charge on any atom is -0.480 e. The maximum absolute atomic E-state index is 11.7. The third-order valence-corrected chi connectivity index (χ3v) is 4.19. The van der Waals surface area contributed by atoms with Gasteiger partial charge in [0.15, 0.2) is 0 Å². The first-order valence-electron chi connectivity index (χ1n) is 7.10. The Balaban J connectivity index is 2.29. The summed E-state index contributed by atoms with van der Waals surface area (Å²) in [5.41, 5.74) is 0.186. The zero-order valence-corrected chi connectivity index (χ0v) is 12.3. The van der Waals surface area contributed by atoms with Crippen molar-refractivity contribution in [2.45, 2.75) is 45.1 Å². The number of rotatable bonds is 4. The predicted octanol–water partition coefficient (Wildman–Crippen LogP) is 3.35. The summed E-state index contributed by atoms with van der Waals surface area (Å²) in [5.74, 6) is -0.371. The normalized spacial score (nSPS) is 25.3. The van der Waals surface area contributed by atoms with E-state index < -0.39 is 16.4 Å². The van der Waals surface area contributed by atoms with E-state index in [1.165, 1.54) is 12.1 Å². The number of carbonyl (C=O) groups is 1. The van der Waals surface area contributed by atoms with E-state index in [-0.39, 0.29) is 5.69 Å². The number of nitro groups is 1. The van der Waals surface area contributed by atoms with Crippen LogP contribution in [0.5, 0.6) is 0 Å². The molecule has 6 nitrogen and oxygen atoms in total. The van der Waals surface area contributed by atoms with Crippen molar-refractivity contribution in [3.8, 4) is 0 Å². The lowest BCUT2D eigenvalue weighted by Gasteiger charge is -2.37. The maximum Gasteiger partial charge on any atom is 0.329 e. The first-order chi connectivity index (χ1) is 9.82. The summed E-state index contributed by atoms with van der Waals surface area (Å²) in [4.78, 5) is 22.1. The van der Waals surface area contributed by atoms with Crippen molar-refractivity contribution in [3.05, 3.63) is 33.9 Å². The van der Waals surface area contributed by atoms with Crippen molar-refractivity contribution in [1.82, 2.24) is 0 Å². The number of anilines is 1. The number of carboxylic acid groups (broad SMARTS) is 1.